The molecule has 0 aliphatic heterocycles. The van der Waals surface area contributed by atoms with Crippen LogP contribution < -0.4 is 10.6 Å². The van der Waals surface area contributed by atoms with E-state index in [1.54, 1.807) is 13.1 Å². The topological polar surface area (TPSA) is 53.5 Å². The van der Waals surface area contributed by atoms with Crippen LogP contribution in [0.15, 0.2) is 29.3 Å². The number of halogens is 3. The Bertz CT molecular complexity index is 762. The molecule has 2 aliphatic rings. The molecular weight excluding hydrogens is 399 g/mol. The van der Waals surface area contributed by atoms with Crippen molar-refractivity contribution in [3.8, 4) is 0 Å². The molecule has 2 saturated carbocycles. The van der Waals surface area contributed by atoms with Gasteiger partial charge in [0.05, 0.1) is 5.56 Å². The summed E-state index contributed by atoms with van der Waals surface area (Å²) in [5.41, 5.74) is -0.134. The fraction of sp³-hybridized carbons (Fsp3) is 0.667. The van der Waals surface area contributed by atoms with Crippen LogP contribution in [0.2, 0.25) is 0 Å². The van der Waals surface area contributed by atoms with E-state index in [1.165, 1.54) is 12.1 Å². The maximum Gasteiger partial charge on any atom is 0.416 e. The van der Waals surface area contributed by atoms with Gasteiger partial charge in [0.2, 0.25) is 0 Å². The van der Waals surface area contributed by atoms with Crippen LogP contribution in [0.5, 0.6) is 0 Å². The number of guanidine groups is 1. The molecule has 0 amide bonds. The first kappa shape index (κ1) is 22.1. The van der Waals surface area contributed by atoms with Crippen molar-refractivity contribution in [2.75, 3.05) is 19.3 Å². The van der Waals surface area contributed by atoms with Crippen LogP contribution in [0.4, 0.5) is 13.2 Å². The second-order valence-corrected chi connectivity index (χ2v) is 10.1. The Kier molecular flexibility index (Phi) is 6.91. The molecule has 0 heterocycles. The fourth-order valence-corrected chi connectivity index (χ4v) is 5.48. The number of hydrogen-bond acceptors (Lipinski definition) is 2. The van der Waals surface area contributed by atoms with E-state index in [1.807, 2.05) is 6.92 Å². The zero-order chi connectivity index (χ0) is 21.1. The van der Waals surface area contributed by atoms with Gasteiger partial charge in [-0.1, -0.05) is 31.5 Å². The number of benzene rings is 1. The molecule has 3 rings (SSSR count). The lowest BCUT2D eigenvalue weighted by atomic mass is 9.94. The molecule has 4 nitrogen and oxygen atoms in total. The smallest absolute Gasteiger partial charge is 0.356 e. The molecule has 0 aromatic heterocycles. The lowest BCUT2D eigenvalue weighted by Gasteiger charge is -2.30. The highest BCUT2D eigenvalue weighted by Gasteiger charge is 2.45. The Morgan fingerprint density at radius 1 is 1.31 bits per heavy atom. The average molecular weight is 430 g/mol. The zero-order valence-corrected chi connectivity index (χ0v) is 17.8. The molecule has 0 bridgehead atoms. The van der Waals surface area contributed by atoms with Crippen molar-refractivity contribution >= 4 is 16.8 Å². The van der Waals surface area contributed by atoms with Crippen molar-refractivity contribution in [1.82, 2.24) is 10.6 Å². The Morgan fingerprint density at radius 3 is 2.69 bits per heavy atom. The van der Waals surface area contributed by atoms with Gasteiger partial charge in [-0.05, 0) is 43.7 Å². The summed E-state index contributed by atoms with van der Waals surface area (Å²) in [4.78, 5) is 4.29. The molecule has 0 radical (unpaired) electrons. The van der Waals surface area contributed by atoms with Crippen molar-refractivity contribution in [3.05, 3.63) is 35.4 Å². The summed E-state index contributed by atoms with van der Waals surface area (Å²) in [6, 6.07) is 5.89. The highest BCUT2D eigenvalue weighted by molar-refractivity contribution is 7.85. The molecule has 29 heavy (non-hydrogen) atoms. The Labute approximate surface area is 173 Å². The maximum absolute atomic E-state index is 13.1. The molecule has 8 heteroatoms. The first-order valence-corrected chi connectivity index (χ1v) is 11.7. The number of rotatable bonds is 6. The van der Waals surface area contributed by atoms with Gasteiger partial charge in [0, 0.05) is 46.9 Å². The molecule has 3 atom stereocenters. The van der Waals surface area contributed by atoms with E-state index in [-0.39, 0.29) is 16.7 Å². The highest BCUT2D eigenvalue weighted by Crippen LogP contribution is 2.48. The molecule has 1 aromatic rings. The summed E-state index contributed by atoms with van der Waals surface area (Å²) in [6.07, 6.45) is 1.31. The molecule has 2 fully saturated rings. The van der Waals surface area contributed by atoms with Crippen LogP contribution in [0.1, 0.15) is 56.6 Å². The SMILES string of the molecule is CCS(=O)C1CCCC(NC(=NC)NCC2(c3cccc(C(F)(F)F)c3)CC2)C1. The zero-order valence-electron chi connectivity index (χ0n) is 17.0. The molecule has 162 valence electrons. The van der Waals surface area contributed by atoms with Crippen molar-refractivity contribution in [3.63, 3.8) is 0 Å². The molecule has 0 saturated heterocycles. The number of alkyl halides is 3. The maximum atomic E-state index is 13.1. The summed E-state index contributed by atoms with van der Waals surface area (Å²) in [6.45, 7) is 2.50. The molecule has 2 N–H and O–H groups in total. The van der Waals surface area contributed by atoms with Crippen molar-refractivity contribution in [1.29, 1.82) is 0 Å². The predicted molar refractivity (Wildman–Crippen MR) is 112 cm³/mol. The third-order valence-electron chi connectivity index (χ3n) is 6.10. The fourth-order valence-electron chi connectivity index (χ4n) is 4.14. The van der Waals surface area contributed by atoms with E-state index >= 15 is 0 Å². The number of hydrogen-bond donors (Lipinski definition) is 2. The van der Waals surface area contributed by atoms with Crippen molar-refractivity contribution < 1.29 is 17.4 Å². The second-order valence-electron chi connectivity index (χ2n) is 8.08. The summed E-state index contributed by atoms with van der Waals surface area (Å²) in [5.74, 6) is 1.35. The molecule has 0 spiro atoms. The lowest BCUT2D eigenvalue weighted by molar-refractivity contribution is -0.137. The van der Waals surface area contributed by atoms with Gasteiger partial charge in [0.1, 0.15) is 0 Å². The standard InChI is InChI=1S/C21H30F3N3OS/c1-3-29(28)18-9-5-8-17(13-18)27-19(25-2)26-14-20(10-11-20)15-6-4-7-16(12-15)21(22,23)24/h4,6-7,12,17-18H,3,5,8-11,13-14H2,1-2H3,(H2,25,26,27). The van der Waals surface area contributed by atoms with Crippen LogP contribution in [-0.2, 0) is 22.4 Å². The summed E-state index contributed by atoms with van der Waals surface area (Å²) in [5, 5.41) is 6.97. The predicted octanol–water partition coefficient (Wildman–Crippen LogP) is 3.98. The van der Waals surface area contributed by atoms with Gasteiger partial charge >= 0.3 is 6.18 Å². The van der Waals surface area contributed by atoms with Gasteiger partial charge in [-0.2, -0.15) is 13.2 Å². The normalized spacial score (nSPS) is 25.3. The van der Waals surface area contributed by atoms with Gasteiger partial charge in [0.25, 0.3) is 0 Å². The minimum atomic E-state index is -4.33. The first-order chi connectivity index (χ1) is 13.8. The Balaban J connectivity index is 1.59. The molecule has 1 aromatic carbocycles. The van der Waals surface area contributed by atoms with Crippen LogP contribution in [0, 0.1) is 0 Å². The number of nitrogens with zero attached hydrogens (tertiary/aromatic N) is 1. The second kappa shape index (κ2) is 9.06. The van der Waals surface area contributed by atoms with Crippen LogP contribution in [-0.4, -0.2) is 40.8 Å². The van der Waals surface area contributed by atoms with E-state index in [0.29, 0.717) is 18.3 Å². The van der Waals surface area contributed by atoms with Crippen LogP contribution in [0.3, 0.4) is 0 Å². The Morgan fingerprint density at radius 2 is 2.07 bits per heavy atom. The van der Waals surface area contributed by atoms with Gasteiger partial charge < -0.3 is 10.6 Å². The largest absolute Gasteiger partial charge is 0.416 e. The van der Waals surface area contributed by atoms with E-state index < -0.39 is 22.5 Å². The Hall–Kier alpha value is -1.57. The monoisotopic (exact) mass is 429 g/mol. The summed E-state index contributed by atoms with van der Waals surface area (Å²) >= 11 is 0. The van der Waals surface area contributed by atoms with E-state index in [2.05, 4.69) is 15.6 Å². The minimum Gasteiger partial charge on any atom is -0.356 e. The van der Waals surface area contributed by atoms with Gasteiger partial charge in [-0.15, -0.1) is 0 Å². The number of nitrogens with one attached hydrogen (secondary N) is 2. The van der Waals surface area contributed by atoms with E-state index in [9.17, 15) is 17.4 Å². The highest BCUT2D eigenvalue weighted by atomic mass is 32.2. The minimum absolute atomic E-state index is 0.221. The summed E-state index contributed by atoms with van der Waals surface area (Å²) in [7, 11) is 0.913. The van der Waals surface area contributed by atoms with Crippen molar-refractivity contribution in [2.45, 2.75) is 68.3 Å². The molecule has 3 unspecified atom stereocenters. The molecular formula is C21H30F3N3OS. The average Bonchev–Trinajstić information content (AvgIpc) is 3.51. The van der Waals surface area contributed by atoms with E-state index in [0.717, 1.165) is 50.2 Å². The first-order valence-electron chi connectivity index (χ1n) is 10.3. The van der Waals surface area contributed by atoms with Gasteiger partial charge in [0.15, 0.2) is 5.96 Å². The molecule has 2 aliphatic carbocycles. The van der Waals surface area contributed by atoms with Crippen LogP contribution in [0.25, 0.3) is 0 Å². The number of aliphatic imine (C=N–C) groups is 1. The quantitative estimate of drug-likeness (QED) is 0.531. The van der Waals surface area contributed by atoms with E-state index in [4.69, 9.17) is 0 Å². The third-order valence-corrected chi connectivity index (χ3v) is 7.84. The van der Waals surface area contributed by atoms with Gasteiger partial charge in [-0.3, -0.25) is 9.20 Å². The lowest BCUT2D eigenvalue weighted by Crippen LogP contribution is -2.48. The summed E-state index contributed by atoms with van der Waals surface area (Å²) < 4.78 is 51.3. The van der Waals surface area contributed by atoms with Gasteiger partial charge in [-0.25, -0.2) is 0 Å². The third kappa shape index (κ3) is 5.53. The van der Waals surface area contributed by atoms with Crippen molar-refractivity contribution in [2.24, 2.45) is 4.99 Å². The van der Waals surface area contributed by atoms with Crippen LogP contribution >= 0.6 is 0 Å².